The fourth-order valence-corrected chi connectivity index (χ4v) is 2.36. The zero-order chi connectivity index (χ0) is 15.1. The molecule has 21 heavy (non-hydrogen) atoms. The van der Waals surface area contributed by atoms with Crippen LogP contribution < -0.4 is 5.32 Å². The first-order valence-corrected chi connectivity index (χ1v) is 7.30. The van der Waals surface area contributed by atoms with E-state index in [0.29, 0.717) is 17.9 Å². The number of aromatic nitrogens is 5. The smallest absolute Gasteiger partial charge is 0.339 e. The molecule has 0 saturated heterocycles. The minimum absolute atomic E-state index is 0.391. The normalized spacial score (nSPS) is 10.6. The van der Waals surface area contributed by atoms with Crippen LogP contribution in [0.25, 0.3) is 0 Å². The Balaban J connectivity index is 1.94. The van der Waals surface area contributed by atoms with E-state index < -0.39 is 5.97 Å². The molecule has 2 rings (SSSR count). The second-order valence-corrected chi connectivity index (χ2v) is 5.05. The lowest BCUT2D eigenvalue weighted by Gasteiger charge is -2.04. The molecule has 8 nitrogen and oxygen atoms in total. The summed E-state index contributed by atoms with van der Waals surface area (Å²) >= 11 is 1.50. The van der Waals surface area contributed by atoms with E-state index in [4.69, 9.17) is 0 Å². The van der Waals surface area contributed by atoms with Gasteiger partial charge in [-0.15, -0.1) is 5.10 Å². The van der Waals surface area contributed by atoms with Crippen molar-refractivity contribution in [2.75, 3.05) is 20.7 Å². The Labute approximate surface area is 126 Å². The van der Waals surface area contributed by atoms with E-state index in [-0.39, 0.29) is 0 Å². The summed E-state index contributed by atoms with van der Waals surface area (Å²) < 4.78 is 6.37. The van der Waals surface area contributed by atoms with Gasteiger partial charge in [-0.1, -0.05) is 11.8 Å². The summed E-state index contributed by atoms with van der Waals surface area (Å²) in [7, 11) is 3.22. The predicted octanol–water partition coefficient (Wildman–Crippen LogP) is 0.366. The maximum atomic E-state index is 11.3. The number of carbonyl (C=O) groups is 1. The lowest BCUT2D eigenvalue weighted by molar-refractivity contribution is 0.0600. The average Bonchev–Trinajstić information content (AvgIpc) is 2.98. The van der Waals surface area contributed by atoms with Crippen molar-refractivity contribution in [1.29, 1.82) is 0 Å². The summed E-state index contributed by atoms with van der Waals surface area (Å²) in [6, 6.07) is 3.49. The largest absolute Gasteiger partial charge is 0.465 e. The number of hydrogen-bond donors (Lipinski definition) is 1. The fourth-order valence-electron chi connectivity index (χ4n) is 1.54. The number of nitrogens with one attached hydrogen (secondary N) is 1. The lowest BCUT2D eigenvalue weighted by Crippen LogP contribution is -2.16. The second kappa shape index (κ2) is 7.70. The lowest BCUT2D eigenvalue weighted by atomic mass is 10.2. The maximum absolute atomic E-state index is 11.3. The highest BCUT2D eigenvalue weighted by Gasteiger charge is 2.09. The van der Waals surface area contributed by atoms with E-state index in [1.807, 2.05) is 7.05 Å². The van der Waals surface area contributed by atoms with Gasteiger partial charge in [-0.05, 0) is 29.6 Å². The van der Waals surface area contributed by atoms with E-state index in [9.17, 15) is 4.79 Å². The highest BCUT2D eigenvalue weighted by Crippen LogP contribution is 2.18. The van der Waals surface area contributed by atoms with E-state index in [2.05, 4.69) is 30.6 Å². The van der Waals surface area contributed by atoms with E-state index in [0.717, 1.165) is 17.4 Å². The summed E-state index contributed by atoms with van der Waals surface area (Å²) in [6.45, 7) is 1.51. The molecule has 1 N–H and O–H groups in total. The molecule has 0 radical (unpaired) electrons. The molecule has 0 aliphatic heterocycles. The number of esters is 1. The van der Waals surface area contributed by atoms with Crippen LogP contribution in [0.3, 0.4) is 0 Å². The molecule has 2 aromatic heterocycles. The molecule has 2 heterocycles. The van der Waals surface area contributed by atoms with Crippen LogP contribution in [0.5, 0.6) is 0 Å². The topological polar surface area (TPSA) is 94.8 Å². The molecule has 0 aliphatic rings. The molecule has 112 valence electrons. The van der Waals surface area contributed by atoms with Crippen molar-refractivity contribution >= 4 is 17.7 Å². The average molecular weight is 308 g/mol. The van der Waals surface area contributed by atoms with Gasteiger partial charge in [0.25, 0.3) is 0 Å². The number of hydrogen-bond acceptors (Lipinski definition) is 8. The first-order chi connectivity index (χ1) is 10.2. The van der Waals surface area contributed by atoms with Gasteiger partial charge in [0.05, 0.1) is 24.9 Å². The molecule has 0 unspecified atom stereocenters. The van der Waals surface area contributed by atoms with E-state index in [1.165, 1.54) is 25.1 Å². The van der Waals surface area contributed by atoms with Crippen molar-refractivity contribution in [2.45, 2.75) is 17.5 Å². The summed E-state index contributed by atoms with van der Waals surface area (Å²) in [6.07, 6.45) is 1.51. The highest BCUT2D eigenvalue weighted by molar-refractivity contribution is 7.98. The maximum Gasteiger partial charge on any atom is 0.339 e. The Hall–Kier alpha value is -2.00. The van der Waals surface area contributed by atoms with Gasteiger partial charge in [0.2, 0.25) is 5.16 Å². The summed E-state index contributed by atoms with van der Waals surface area (Å²) in [5.74, 6) is 0.235. The summed E-state index contributed by atoms with van der Waals surface area (Å²) in [5, 5.41) is 15.4. The summed E-state index contributed by atoms with van der Waals surface area (Å²) in [5.41, 5.74) is 1.28. The van der Waals surface area contributed by atoms with Crippen molar-refractivity contribution in [3.05, 3.63) is 29.6 Å². The molecular formula is C12H16N6O2S. The molecule has 0 aliphatic carbocycles. The SMILES string of the molecule is CNCCn1nnnc1SCc1ccc(C(=O)OC)cn1. The Bertz CT molecular complexity index is 586. The molecule has 2 aromatic rings. The first kappa shape index (κ1) is 15.4. The van der Waals surface area contributed by atoms with Gasteiger partial charge in [0.1, 0.15) is 0 Å². The third-order valence-corrected chi connectivity index (χ3v) is 3.66. The number of pyridine rings is 1. The molecule has 9 heteroatoms. The fraction of sp³-hybridized carbons (Fsp3) is 0.417. The van der Waals surface area contributed by atoms with E-state index >= 15 is 0 Å². The zero-order valence-electron chi connectivity index (χ0n) is 11.8. The third-order valence-electron chi connectivity index (χ3n) is 2.67. The van der Waals surface area contributed by atoms with Gasteiger partial charge in [-0.2, -0.15) is 0 Å². The van der Waals surface area contributed by atoms with Crippen molar-refractivity contribution in [1.82, 2.24) is 30.5 Å². The van der Waals surface area contributed by atoms with Gasteiger partial charge in [-0.25, -0.2) is 9.48 Å². The van der Waals surface area contributed by atoms with Crippen molar-refractivity contribution in [3.63, 3.8) is 0 Å². The zero-order valence-corrected chi connectivity index (χ0v) is 12.6. The number of carbonyl (C=O) groups excluding carboxylic acids is 1. The minimum atomic E-state index is -0.391. The number of methoxy groups -OCH3 is 1. The number of nitrogens with zero attached hydrogens (tertiary/aromatic N) is 5. The molecular weight excluding hydrogens is 292 g/mol. The Kier molecular flexibility index (Phi) is 5.64. The molecule has 0 amide bonds. The highest BCUT2D eigenvalue weighted by atomic mass is 32.2. The monoisotopic (exact) mass is 308 g/mol. The van der Waals surface area contributed by atoms with Gasteiger partial charge in [0, 0.05) is 18.5 Å². The van der Waals surface area contributed by atoms with Crippen LogP contribution >= 0.6 is 11.8 Å². The predicted molar refractivity (Wildman–Crippen MR) is 76.9 cm³/mol. The second-order valence-electron chi connectivity index (χ2n) is 4.11. The van der Waals surface area contributed by atoms with Crippen LogP contribution in [0.2, 0.25) is 0 Å². The number of rotatable bonds is 7. The van der Waals surface area contributed by atoms with Crippen LogP contribution in [-0.2, 0) is 17.0 Å². The number of tetrazole rings is 1. The van der Waals surface area contributed by atoms with Crippen LogP contribution in [0.4, 0.5) is 0 Å². The Morgan fingerprint density at radius 2 is 2.33 bits per heavy atom. The molecule has 0 aromatic carbocycles. The van der Waals surface area contributed by atoms with Crippen molar-refractivity contribution < 1.29 is 9.53 Å². The van der Waals surface area contributed by atoms with Crippen LogP contribution in [0, 0.1) is 0 Å². The quantitative estimate of drug-likeness (QED) is 0.579. The third kappa shape index (κ3) is 4.23. The van der Waals surface area contributed by atoms with Gasteiger partial charge in [0.15, 0.2) is 0 Å². The number of thioether (sulfide) groups is 1. The van der Waals surface area contributed by atoms with E-state index in [1.54, 1.807) is 16.8 Å². The molecule has 0 fully saturated rings. The molecule has 0 bridgehead atoms. The molecule has 0 atom stereocenters. The van der Waals surface area contributed by atoms with Crippen LogP contribution in [0.1, 0.15) is 16.1 Å². The number of likely N-dealkylation sites (N-methyl/N-ethyl adjacent to an activating group) is 1. The van der Waals surface area contributed by atoms with Crippen molar-refractivity contribution in [3.8, 4) is 0 Å². The van der Waals surface area contributed by atoms with Gasteiger partial charge in [-0.3, -0.25) is 4.98 Å². The molecule has 0 saturated carbocycles. The first-order valence-electron chi connectivity index (χ1n) is 6.31. The molecule has 0 spiro atoms. The Morgan fingerprint density at radius 3 is 3.00 bits per heavy atom. The van der Waals surface area contributed by atoms with Gasteiger partial charge < -0.3 is 10.1 Å². The minimum Gasteiger partial charge on any atom is -0.465 e. The van der Waals surface area contributed by atoms with Crippen molar-refractivity contribution in [2.24, 2.45) is 0 Å². The standard InChI is InChI=1S/C12H16N6O2S/c1-13-5-6-18-12(15-16-17-18)21-8-10-4-3-9(7-14-10)11(19)20-2/h3-4,7,13H,5-6,8H2,1-2H3. The van der Waals surface area contributed by atoms with Crippen LogP contribution in [-0.4, -0.2) is 51.9 Å². The van der Waals surface area contributed by atoms with Gasteiger partial charge >= 0.3 is 5.97 Å². The van der Waals surface area contributed by atoms with Crippen LogP contribution in [0.15, 0.2) is 23.5 Å². The summed E-state index contributed by atoms with van der Waals surface area (Å²) in [4.78, 5) is 15.5. The Morgan fingerprint density at radius 1 is 1.48 bits per heavy atom. The number of ether oxygens (including phenoxy) is 1.